The van der Waals surface area contributed by atoms with Gasteiger partial charge >= 0.3 is 0 Å². The smallest absolute Gasteiger partial charge is 0.0730 e. The Labute approximate surface area is 132 Å². The summed E-state index contributed by atoms with van der Waals surface area (Å²) in [5.41, 5.74) is -0.0849. The average Bonchev–Trinajstić information content (AvgIpc) is 2.45. The third-order valence-corrected chi connectivity index (χ3v) is 5.02. The summed E-state index contributed by atoms with van der Waals surface area (Å²) >= 11 is 0. The van der Waals surface area contributed by atoms with Crippen LogP contribution < -0.4 is 5.32 Å². The zero-order valence-electron chi connectivity index (χ0n) is 15.1. The summed E-state index contributed by atoms with van der Waals surface area (Å²) in [6.45, 7) is 13.1. The highest BCUT2D eigenvalue weighted by molar-refractivity contribution is 4.87. The molecule has 3 atom stereocenters. The minimum atomic E-state index is -0.0849. The van der Waals surface area contributed by atoms with Crippen molar-refractivity contribution in [3.8, 4) is 0 Å². The van der Waals surface area contributed by atoms with Crippen LogP contribution in [0.5, 0.6) is 0 Å². The number of hydrogen-bond donors (Lipinski definition) is 1. The van der Waals surface area contributed by atoms with E-state index in [1.807, 2.05) is 0 Å². The molecule has 1 saturated carbocycles. The maximum Gasteiger partial charge on any atom is 0.0730 e. The second kappa shape index (κ2) is 9.12. The third-order valence-electron chi connectivity index (χ3n) is 5.02. The van der Waals surface area contributed by atoms with Gasteiger partial charge in [0.15, 0.2) is 0 Å². The SMILES string of the molecule is CCCNC1CCC(C(C)C)CC1OCCC(C)(C)OC. The van der Waals surface area contributed by atoms with E-state index in [4.69, 9.17) is 9.47 Å². The predicted octanol–water partition coefficient (Wildman–Crippen LogP) is 4.01. The fourth-order valence-corrected chi connectivity index (χ4v) is 3.07. The fourth-order valence-electron chi connectivity index (χ4n) is 3.07. The van der Waals surface area contributed by atoms with Gasteiger partial charge in [0.1, 0.15) is 0 Å². The Balaban J connectivity index is 2.49. The number of hydrogen-bond acceptors (Lipinski definition) is 3. The molecule has 0 radical (unpaired) electrons. The molecule has 3 unspecified atom stereocenters. The maximum absolute atomic E-state index is 6.27. The van der Waals surface area contributed by atoms with Gasteiger partial charge in [-0.05, 0) is 64.3 Å². The molecule has 0 aliphatic heterocycles. The van der Waals surface area contributed by atoms with Gasteiger partial charge in [-0.15, -0.1) is 0 Å². The van der Waals surface area contributed by atoms with Gasteiger partial charge in [-0.2, -0.15) is 0 Å². The van der Waals surface area contributed by atoms with Crippen LogP contribution in [0, 0.1) is 11.8 Å². The van der Waals surface area contributed by atoms with Crippen molar-refractivity contribution in [2.75, 3.05) is 20.3 Å². The summed E-state index contributed by atoms with van der Waals surface area (Å²) in [4.78, 5) is 0. The zero-order chi connectivity index (χ0) is 15.9. The van der Waals surface area contributed by atoms with Crippen LogP contribution in [0.2, 0.25) is 0 Å². The molecule has 1 aliphatic rings. The molecule has 3 heteroatoms. The molecule has 126 valence electrons. The van der Waals surface area contributed by atoms with Crippen molar-refractivity contribution in [1.82, 2.24) is 5.32 Å². The summed E-state index contributed by atoms with van der Waals surface area (Å²) in [6.07, 6.45) is 6.29. The molecule has 1 aliphatic carbocycles. The van der Waals surface area contributed by atoms with Gasteiger partial charge in [-0.25, -0.2) is 0 Å². The van der Waals surface area contributed by atoms with Gasteiger partial charge in [0, 0.05) is 19.8 Å². The minimum Gasteiger partial charge on any atom is -0.379 e. The molecule has 0 heterocycles. The first-order valence-corrected chi connectivity index (χ1v) is 8.79. The molecule has 1 fully saturated rings. The average molecular weight is 299 g/mol. The quantitative estimate of drug-likeness (QED) is 0.698. The Morgan fingerprint density at radius 2 is 1.95 bits per heavy atom. The Kier molecular flexibility index (Phi) is 8.22. The lowest BCUT2D eigenvalue weighted by Gasteiger charge is -2.38. The van der Waals surface area contributed by atoms with E-state index in [9.17, 15) is 0 Å². The molecule has 0 spiro atoms. The van der Waals surface area contributed by atoms with E-state index in [1.54, 1.807) is 7.11 Å². The lowest BCUT2D eigenvalue weighted by molar-refractivity contribution is -0.0527. The fraction of sp³-hybridized carbons (Fsp3) is 1.00. The third kappa shape index (κ3) is 6.66. The van der Waals surface area contributed by atoms with E-state index in [1.165, 1.54) is 25.7 Å². The van der Waals surface area contributed by atoms with Crippen LogP contribution in [0.3, 0.4) is 0 Å². The zero-order valence-corrected chi connectivity index (χ0v) is 15.1. The Morgan fingerprint density at radius 3 is 2.52 bits per heavy atom. The standard InChI is InChI=1S/C18H37NO2/c1-7-11-19-16-9-8-15(14(2)3)13-17(16)21-12-10-18(4,5)20-6/h14-17,19H,7-13H2,1-6H3. The van der Waals surface area contributed by atoms with Crippen LogP contribution in [-0.4, -0.2) is 38.0 Å². The second-order valence-electron chi connectivity index (χ2n) is 7.50. The van der Waals surface area contributed by atoms with Crippen LogP contribution in [0.15, 0.2) is 0 Å². The summed E-state index contributed by atoms with van der Waals surface area (Å²) in [5.74, 6) is 1.57. The van der Waals surface area contributed by atoms with Crippen molar-refractivity contribution in [2.45, 2.75) is 84.5 Å². The molecule has 0 aromatic heterocycles. The first-order chi connectivity index (χ1) is 9.89. The molecular weight excluding hydrogens is 262 g/mol. The van der Waals surface area contributed by atoms with Gasteiger partial charge in [0.2, 0.25) is 0 Å². The van der Waals surface area contributed by atoms with Crippen molar-refractivity contribution < 1.29 is 9.47 Å². The van der Waals surface area contributed by atoms with Gasteiger partial charge in [-0.1, -0.05) is 20.8 Å². The van der Waals surface area contributed by atoms with Crippen molar-refractivity contribution in [3.63, 3.8) is 0 Å². The second-order valence-corrected chi connectivity index (χ2v) is 7.50. The number of ether oxygens (including phenoxy) is 2. The lowest BCUT2D eigenvalue weighted by atomic mass is 9.78. The summed E-state index contributed by atoms with van der Waals surface area (Å²) in [6, 6.07) is 0.533. The highest BCUT2D eigenvalue weighted by Gasteiger charge is 2.32. The van der Waals surface area contributed by atoms with E-state index in [0.29, 0.717) is 12.1 Å². The molecule has 0 aromatic carbocycles. The van der Waals surface area contributed by atoms with E-state index in [2.05, 4.69) is 39.9 Å². The van der Waals surface area contributed by atoms with Gasteiger partial charge in [0.25, 0.3) is 0 Å². The largest absolute Gasteiger partial charge is 0.379 e. The number of methoxy groups -OCH3 is 1. The molecular formula is C18H37NO2. The van der Waals surface area contributed by atoms with Crippen molar-refractivity contribution in [2.24, 2.45) is 11.8 Å². The van der Waals surface area contributed by atoms with Gasteiger partial charge in [-0.3, -0.25) is 0 Å². The van der Waals surface area contributed by atoms with Crippen LogP contribution in [0.1, 0.15) is 66.7 Å². The summed E-state index contributed by atoms with van der Waals surface area (Å²) in [5, 5.41) is 3.69. The van der Waals surface area contributed by atoms with Crippen LogP contribution in [0.4, 0.5) is 0 Å². The molecule has 1 N–H and O–H groups in total. The molecule has 0 aromatic rings. The lowest BCUT2D eigenvalue weighted by Crippen LogP contribution is -2.47. The molecule has 0 bridgehead atoms. The van der Waals surface area contributed by atoms with Crippen LogP contribution in [-0.2, 0) is 9.47 Å². The van der Waals surface area contributed by atoms with E-state index in [-0.39, 0.29) is 5.60 Å². The van der Waals surface area contributed by atoms with E-state index < -0.39 is 0 Å². The normalized spacial score (nSPS) is 27.3. The van der Waals surface area contributed by atoms with Gasteiger partial charge < -0.3 is 14.8 Å². The Morgan fingerprint density at radius 1 is 1.24 bits per heavy atom. The highest BCUT2D eigenvalue weighted by Crippen LogP contribution is 2.32. The molecule has 1 rings (SSSR count). The van der Waals surface area contributed by atoms with Crippen molar-refractivity contribution >= 4 is 0 Å². The number of nitrogens with one attached hydrogen (secondary N) is 1. The highest BCUT2D eigenvalue weighted by atomic mass is 16.5. The monoisotopic (exact) mass is 299 g/mol. The van der Waals surface area contributed by atoms with E-state index in [0.717, 1.165) is 31.4 Å². The first kappa shape index (κ1) is 18.9. The minimum absolute atomic E-state index is 0.0849. The predicted molar refractivity (Wildman–Crippen MR) is 89.7 cm³/mol. The Bertz CT molecular complexity index is 278. The first-order valence-electron chi connectivity index (χ1n) is 8.79. The van der Waals surface area contributed by atoms with Crippen molar-refractivity contribution in [3.05, 3.63) is 0 Å². The summed E-state index contributed by atoms with van der Waals surface area (Å²) < 4.78 is 11.8. The molecule has 21 heavy (non-hydrogen) atoms. The molecule has 0 amide bonds. The van der Waals surface area contributed by atoms with Gasteiger partial charge in [0.05, 0.1) is 11.7 Å². The molecule has 3 nitrogen and oxygen atoms in total. The van der Waals surface area contributed by atoms with E-state index >= 15 is 0 Å². The van der Waals surface area contributed by atoms with Crippen LogP contribution in [0.25, 0.3) is 0 Å². The Hall–Kier alpha value is -0.120. The summed E-state index contributed by atoms with van der Waals surface area (Å²) in [7, 11) is 1.78. The van der Waals surface area contributed by atoms with Crippen molar-refractivity contribution in [1.29, 1.82) is 0 Å². The van der Waals surface area contributed by atoms with Crippen LogP contribution >= 0.6 is 0 Å². The maximum atomic E-state index is 6.27. The topological polar surface area (TPSA) is 30.5 Å². The number of rotatable bonds is 9. The molecule has 0 saturated heterocycles.